The number of benzene rings is 1. The summed E-state index contributed by atoms with van der Waals surface area (Å²) in [7, 11) is 0. The van der Waals surface area contributed by atoms with Gasteiger partial charge in [-0.2, -0.15) is 0 Å². The van der Waals surface area contributed by atoms with Gasteiger partial charge in [-0.15, -0.1) is 0 Å². The summed E-state index contributed by atoms with van der Waals surface area (Å²) in [5, 5.41) is 0. The van der Waals surface area contributed by atoms with Gasteiger partial charge in [0.15, 0.2) is 17.3 Å². The topological polar surface area (TPSA) is 70.3 Å². The lowest BCUT2D eigenvalue weighted by atomic mass is 10.2. The predicted molar refractivity (Wildman–Crippen MR) is 73.4 cm³/mol. The number of ether oxygens (including phenoxy) is 2. The van der Waals surface area contributed by atoms with E-state index in [9.17, 15) is 0 Å². The lowest BCUT2D eigenvalue weighted by Gasteiger charge is -2.05. The Balaban J connectivity index is 2.12. The Bertz CT molecular complexity index is 634. The molecule has 2 N–H and O–H groups in total. The number of nitrogens with two attached hydrogens (primary N) is 1. The monoisotopic (exact) mass is 371 g/mol. The predicted octanol–water partition coefficient (Wildman–Crippen LogP) is 2.98. The molecule has 0 atom stereocenters. The summed E-state index contributed by atoms with van der Waals surface area (Å²) in [6, 6.07) is 3.70. The third-order valence-corrected chi connectivity index (χ3v) is 3.66. The van der Waals surface area contributed by atoms with Gasteiger partial charge in [-0.05, 0) is 44.0 Å². The second-order valence-electron chi connectivity index (χ2n) is 3.62. The minimum absolute atomic E-state index is 0.223. The molecule has 5 nitrogen and oxygen atoms in total. The van der Waals surface area contributed by atoms with E-state index < -0.39 is 0 Å². The van der Waals surface area contributed by atoms with Crippen molar-refractivity contribution in [3.8, 4) is 22.9 Å². The van der Waals surface area contributed by atoms with Gasteiger partial charge in [0.05, 0.1) is 8.95 Å². The van der Waals surface area contributed by atoms with Crippen molar-refractivity contribution in [3.05, 3.63) is 27.3 Å². The molecule has 92 valence electrons. The summed E-state index contributed by atoms with van der Waals surface area (Å²) in [5.74, 6) is 2.30. The molecule has 0 fully saturated rings. The van der Waals surface area contributed by atoms with Crippen LogP contribution in [0.4, 0.5) is 5.82 Å². The minimum atomic E-state index is 0.223. The number of anilines is 1. The van der Waals surface area contributed by atoms with Crippen LogP contribution in [-0.2, 0) is 0 Å². The Morgan fingerprint density at radius 2 is 2.00 bits per heavy atom. The van der Waals surface area contributed by atoms with Crippen LogP contribution in [0.1, 0.15) is 0 Å². The van der Waals surface area contributed by atoms with Gasteiger partial charge in [-0.1, -0.05) is 0 Å². The molecule has 0 aliphatic carbocycles. The van der Waals surface area contributed by atoms with Crippen molar-refractivity contribution in [2.45, 2.75) is 0 Å². The zero-order valence-electron chi connectivity index (χ0n) is 8.98. The fourth-order valence-electron chi connectivity index (χ4n) is 1.62. The van der Waals surface area contributed by atoms with Crippen molar-refractivity contribution >= 4 is 37.7 Å². The second kappa shape index (κ2) is 4.40. The average Bonchev–Trinajstić information content (AvgIpc) is 2.81. The molecule has 2 heterocycles. The van der Waals surface area contributed by atoms with Crippen LogP contribution in [0.25, 0.3) is 11.4 Å². The standard InChI is InChI=1S/C11H7Br2N3O2/c12-6-1-5(2-8-9(6)18-4-17-8)11-15-3-7(13)10(14)16-11/h1-3H,4H2,(H2,14,15,16). The molecule has 1 aromatic heterocycles. The van der Waals surface area contributed by atoms with Gasteiger partial charge in [0.25, 0.3) is 0 Å². The molecule has 2 aromatic rings. The van der Waals surface area contributed by atoms with Gasteiger partial charge in [-0.3, -0.25) is 0 Å². The van der Waals surface area contributed by atoms with Gasteiger partial charge < -0.3 is 15.2 Å². The molecule has 7 heteroatoms. The van der Waals surface area contributed by atoms with Crippen molar-refractivity contribution in [1.29, 1.82) is 0 Å². The Kier molecular flexibility index (Phi) is 2.87. The molecule has 1 aliphatic heterocycles. The van der Waals surface area contributed by atoms with Gasteiger partial charge >= 0.3 is 0 Å². The average molecular weight is 373 g/mol. The largest absolute Gasteiger partial charge is 0.454 e. The third-order valence-electron chi connectivity index (χ3n) is 2.46. The van der Waals surface area contributed by atoms with Crippen LogP contribution < -0.4 is 15.2 Å². The Hall–Kier alpha value is -1.34. The molecular weight excluding hydrogens is 366 g/mol. The highest BCUT2D eigenvalue weighted by Crippen LogP contribution is 2.42. The maximum absolute atomic E-state index is 5.74. The fourth-order valence-corrected chi connectivity index (χ4v) is 2.36. The summed E-state index contributed by atoms with van der Waals surface area (Å²) in [4.78, 5) is 8.43. The van der Waals surface area contributed by atoms with E-state index in [1.54, 1.807) is 6.20 Å². The van der Waals surface area contributed by atoms with Crippen LogP contribution in [0.2, 0.25) is 0 Å². The summed E-state index contributed by atoms with van der Waals surface area (Å²) in [5.41, 5.74) is 6.55. The first-order valence-electron chi connectivity index (χ1n) is 5.02. The summed E-state index contributed by atoms with van der Waals surface area (Å²) in [6.45, 7) is 0.223. The van der Waals surface area contributed by atoms with E-state index >= 15 is 0 Å². The number of nitrogens with zero attached hydrogens (tertiary/aromatic N) is 2. The Labute approximate surface area is 120 Å². The number of nitrogen functional groups attached to an aromatic ring is 1. The second-order valence-corrected chi connectivity index (χ2v) is 5.33. The van der Waals surface area contributed by atoms with E-state index in [1.165, 1.54) is 0 Å². The number of rotatable bonds is 1. The molecule has 0 unspecified atom stereocenters. The summed E-state index contributed by atoms with van der Waals surface area (Å²) < 4.78 is 12.1. The van der Waals surface area contributed by atoms with Crippen molar-refractivity contribution in [2.24, 2.45) is 0 Å². The van der Waals surface area contributed by atoms with Crippen molar-refractivity contribution in [2.75, 3.05) is 12.5 Å². The molecule has 0 amide bonds. The van der Waals surface area contributed by atoms with Crippen LogP contribution in [-0.4, -0.2) is 16.8 Å². The van der Waals surface area contributed by atoms with E-state index in [0.29, 0.717) is 27.6 Å². The molecule has 18 heavy (non-hydrogen) atoms. The Morgan fingerprint density at radius 3 is 2.78 bits per heavy atom. The number of hydrogen-bond acceptors (Lipinski definition) is 5. The number of aromatic nitrogens is 2. The van der Waals surface area contributed by atoms with Crippen LogP contribution in [0.3, 0.4) is 0 Å². The SMILES string of the molecule is Nc1nc(-c2cc(Br)c3c(c2)OCO3)ncc1Br. The summed E-state index contributed by atoms with van der Waals surface area (Å²) in [6.07, 6.45) is 1.62. The van der Waals surface area contributed by atoms with Gasteiger partial charge in [0.1, 0.15) is 5.82 Å². The molecule has 1 aliphatic rings. The number of hydrogen-bond donors (Lipinski definition) is 1. The van der Waals surface area contributed by atoms with E-state index in [0.717, 1.165) is 10.0 Å². The highest BCUT2D eigenvalue weighted by atomic mass is 79.9. The molecule has 1 aromatic carbocycles. The highest BCUT2D eigenvalue weighted by Gasteiger charge is 2.19. The van der Waals surface area contributed by atoms with Crippen molar-refractivity contribution < 1.29 is 9.47 Å². The van der Waals surface area contributed by atoms with E-state index in [-0.39, 0.29) is 6.79 Å². The zero-order chi connectivity index (χ0) is 12.7. The first-order valence-corrected chi connectivity index (χ1v) is 6.61. The molecule has 0 bridgehead atoms. The van der Waals surface area contributed by atoms with Crippen LogP contribution >= 0.6 is 31.9 Å². The molecular formula is C11H7Br2N3O2. The molecule has 3 rings (SSSR count). The maximum atomic E-state index is 5.74. The van der Waals surface area contributed by atoms with Gasteiger partial charge in [0, 0.05) is 11.8 Å². The Morgan fingerprint density at radius 1 is 1.17 bits per heavy atom. The van der Waals surface area contributed by atoms with Crippen LogP contribution in [0.5, 0.6) is 11.5 Å². The molecule has 0 saturated carbocycles. The van der Waals surface area contributed by atoms with Crippen LogP contribution in [0.15, 0.2) is 27.3 Å². The molecule has 0 radical (unpaired) electrons. The lowest BCUT2D eigenvalue weighted by Crippen LogP contribution is -1.96. The maximum Gasteiger partial charge on any atom is 0.231 e. The molecule has 0 saturated heterocycles. The highest BCUT2D eigenvalue weighted by molar-refractivity contribution is 9.11. The quantitative estimate of drug-likeness (QED) is 0.833. The van der Waals surface area contributed by atoms with E-state index in [1.807, 2.05) is 12.1 Å². The van der Waals surface area contributed by atoms with Crippen molar-refractivity contribution in [3.63, 3.8) is 0 Å². The van der Waals surface area contributed by atoms with Crippen LogP contribution in [0, 0.1) is 0 Å². The minimum Gasteiger partial charge on any atom is -0.454 e. The van der Waals surface area contributed by atoms with E-state index in [2.05, 4.69) is 41.8 Å². The number of fused-ring (bicyclic) bond motifs is 1. The number of halogens is 2. The zero-order valence-corrected chi connectivity index (χ0v) is 12.2. The third kappa shape index (κ3) is 1.93. The fraction of sp³-hybridized carbons (Fsp3) is 0.0909. The smallest absolute Gasteiger partial charge is 0.231 e. The van der Waals surface area contributed by atoms with Gasteiger partial charge in [-0.25, -0.2) is 9.97 Å². The first-order chi connectivity index (χ1) is 8.65. The first kappa shape index (κ1) is 11.7. The van der Waals surface area contributed by atoms with Crippen molar-refractivity contribution in [1.82, 2.24) is 9.97 Å². The normalized spacial score (nSPS) is 12.8. The summed E-state index contributed by atoms with van der Waals surface area (Å²) >= 11 is 6.69. The lowest BCUT2D eigenvalue weighted by molar-refractivity contribution is 0.173. The molecule has 0 spiro atoms. The van der Waals surface area contributed by atoms with Gasteiger partial charge in [0.2, 0.25) is 6.79 Å². The van der Waals surface area contributed by atoms with E-state index in [4.69, 9.17) is 15.2 Å².